The van der Waals surface area contributed by atoms with Gasteiger partial charge in [-0.15, -0.1) is 0 Å². The van der Waals surface area contributed by atoms with Crippen LogP contribution in [-0.2, 0) is 9.53 Å². The molecule has 0 aliphatic rings. The smallest absolute Gasteiger partial charge is 0.306 e. The van der Waals surface area contributed by atoms with Crippen molar-refractivity contribution in [3.8, 4) is 0 Å². The molecule has 0 spiro atoms. The van der Waals surface area contributed by atoms with Gasteiger partial charge in [-0.3, -0.25) is 9.59 Å². The average Bonchev–Trinajstić information content (AvgIpc) is 2.34. The van der Waals surface area contributed by atoms with Crippen LogP contribution >= 0.6 is 0 Å². The van der Waals surface area contributed by atoms with Crippen molar-refractivity contribution in [3.63, 3.8) is 0 Å². The van der Waals surface area contributed by atoms with Gasteiger partial charge in [0.2, 0.25) is 0 Å². The maximum atomic E-state index is 11.8. The lowest BCUT2D eigenvalue weighted by Crippen LogP contribution is -2.09. The highest BCUT2D eigenvalue weighted by atomic mass is 16.5. The summed E-state index contributed by atoms with van der Waals surface area (Å²) in [5.41, 5.74) is 1.63. The zero-order valence-electron chi connectivity index (χ0n) is 10.4. The van der Waals surface area contributed by atoms with E-state index in [-0.39, 0.29) is 24.6 Å². The van der Waals surface area contributed by atoms with Crippen molar-refractivity contribution in [2.75, 3.05) is 6.61 Å². The molecule has 0 heterocycles. The molecule has 0 amide bonds. The zero-order chi connectivity index (χ0) is 12.7. The molecule has 17 heavy (non-hydrogen) atoms. The Morgan fingerprint density at radius 2 is 1.88 bits per heavy atom. The van der Waals surface area contributed by atoms with Crippen LogP contribution in [0.15, 0.2) is 24.3 Å². The molecule has 0 fully saturated rings. The minimum Gasteiger partial charge on any atom is -0.466 e. The van der Waals surface area contributed by atoms with Gasteiger partial charge >= 0.3 is 5.97 Å². The highest BCUT2D eigenvalue weighted by Gasteiger charge is 2.11. The van der Waals surface area contributed by atoms with Crippen molar-refractivity contribution < 1.29 is 14.3 Å². The molecule has 0 unspecified atom stereocenters. The summed E-state index contributed by atoms with van der Waals surface area (Å²) in [4.78, 5) is 23.1. The molecule has 1 aromatic rings. The number of carbonyl (C=O) groups excluding carboxylic acids is 2. The molecular weight excluding hydrogens is 216 g/mol. The molecule has 0 radical (unpaired) electrons. The Morgan fingerprint density at radius 3 is 2.53 bits per heavy atom. The first-order valence-electron chi connectivity index (χ1n) is 5.89. The average molecular weight is 234 g/mol. The maximum absolute atomic E-state index is 11.8. The normalized spacial score (nSPS) is 10.0. The fourth-order valence-corrected chi connectivity index (χ4v) is 1.52. The van der Waals surface area contributed by atoms with Gasteiger partial charge in [0.1, 0.15) is 0 Å². The van der Waals surface area contributed by atoms with Gasteiger partial charge in [-0.2, -0.15) is 0 Å². The third-order valence-electron chi connectivity index (χ3n) is 2.47. The second-order valence-corrected chi connectivity index (χ2v) is 3.96. The Hall–Kier alpha value is -1.64. The number of ether oxygens (including phenoxy) is 1. The van der Waals surface area contributed by atoms with Crippen molar-refractivity contribution in [3.05, 3.63) is 35.4 Å². The Kier molecular flexibility index (Phi) is 5.40. The summed E-state index contributed by atoms with van der Waals surface area (Å²) >= 11 is 0. The molecule has 3 nitrogen and oxygen atoms in total. The lowest BCUT2D eigenvalue weighted by molar-refractivity contribution is -0.143. The predicted molar refractivity (Wildman–Crippen MR) is 66.0 cm³/mol. The number of benzene rings is 1. The largest absolute Gasteiger partial charge is 0.466 e. The van der Waals surface area contributed by atoms with Gasteiger partial charge in [0, 0.05) is 12.0 Å². The van der Waals surface area contributed by atoms with E-state index in [1.165, 1.54) is 0 Å². The number of Topliss-reactive ketones (excluding diaryl/α,β-unsaturated/α-hetero) is 1. The monoisotopic (exact) mass is 234 g/mol. The summed E-state index contributed by atoms with van der Waals surface area (Å²) < 4.78 is 4.92. The van der Waals surface area contributed by atoms with Crippen LogP contribution in [0, 0.1) is 6.92 Å². The SMILES string of the molecule is CCCOC(=O)CCC(=O)c1ccccc1C. The van der Waals surface area contributed by atoms with Gasteiger partial charge in [0.25, 0.3) is 0 Å². The number of hydrogen-bond donors (Lipinski definition) is 0. The standard InChI is InChI=1S/C14H18O3/c1-3-10-17-14(16)9-8-13(15)12-7-5-4-6-11(12)2/h4-7H,3,8-10H2,1-2H3. The van der Waals surface area contributed by atoms with Crippen LogP contribution in [0.3, 0.4) is 0 Å². The van der Waals surface area contributed by atoms with Crippen molar-refractivity contribution in [1.82, 2.24) is 0 Å². The van der Waals surface area contributed by atoms with Crippen LogP contribution in [0.25, 0.3) is 0 Å². The Balaban J connectivity index is 2.45. The molecule has 0 aliphatic carbocycles. The quantitative estimate of drug-likeness (QED) is 0.561. The van der Waals surface area contributed by atoms with E-state index in [0.29, 0.717) is 12.2 Å². The Labute approximate surface area is 102 Å². The van der Waals surface area contributed by atoms with E-state index in [2.05, 4.69) is 0 Å². The first kappa shape index (κ1) is 13.4. The van der Waals surface area contributed by atoms with Crippen molar-refractivity contribution >= 4 is 11.8 Å². The van der Waals surface area contributed by atoms with Crippen LogP contribution < -0.4 is 0 Å². The first-order valence-corrected chi connectivity index (χ1v) is 5.89. The third-order valence-corrected chi connectivity index (χ3v) is 2.47. The molecule has 0 saturated heterocycles. The van der Waals surface area contributed by atoms with Gasteiger partial charge < -0.3 is 4.74 Å². The van der Waals surface area contributed by atoms with Gasteiger partial charge in [-0.25, -0.2) is 0 Å². The number of carbonyl (C=O) groups is 2. The fraction of sp³-hybridized carbons (Fsp3) is 0.429. The van der Waals surface area contributed by atoms with Crippen LogP contribution in [0.5, 0.6) is 0 Å². The summed E-state index contributed by atoms with van der Waals surface area (Å²) in [5.74, 6) is -0.301. The van der Waals surface area contributed by atoms with E-state index in [1.54, 1.807) is 6.07 Å². The van der Waals surface area contributed by atoms with E-state index in [4.69, 9.17) is 4.74 Å². The molecule has 1 rings (SSSR count). The number of rotatable bonds is 6. The summed E-state index contributed by atoms with van der Waals surface area (Å²) in [5, 5.41) is 0. The van der Waals surface area contributed by atoms with Crippen LogP contribution in [-0.4, -0.2) is 18.4 Å². The molecule has 0 saturated carbocycles. The molecular formula is C14H18O3. The summed E-state index contributed by atoms with van der Waals surface area (Å²) in [6.45, 7) is 4.26. The number of esters is 1. The van der Waals surface area contributed by atoms with E-state index in [0.717, 1.165) is 12.0 Å². The topological polar surface area (TPSA) is 43.4 Å². The van der Waals surface area contributed by atoms with Crippen LogP contribution in [0.2, 0.25) is 0 Å². The number of ketones is 1. The molecule has 1 aromatic carbocycles. The molecule has 0 N–H and O–H groups in total. The maximum Gasteiger partial charge on any atom is 0.306 e. The highest BCUT2D eigenvalue weighted by molar-refractivity contribution is 5.98. The second kappa shape index (κ2) is 6.84. The zero-order valence-corrected chi connectivity index (χ0v) is 10.4. The van der Waals surface area contributed by atoms with E-state index < -0.39 is 0 Å². The second-order valence-electron chi connectivity index (χ2n) is 3.96. The summed E-state index contributed by atoms with van der Waals surface area (Å²) in [7, 11) is 0. The van der Waals surface area contributed by atoms with E-state index in [1.807, 2.05) is 32.0 Å². The van der Waals surface area contributed by atoms with Gasteiger partial charge in [-0.05, 0) is 18.9 Å². The van der Waals surface area contributed by atoms with Gasteiger partial charge in [-0.1, -0.05) is 31.2 Å². The first-order chi connectivity index (χ1) is 8.15. The van der Waals surface area contributed by atoms with Crippen molar-refractivity contribution in [2.24, 2.45) is 0 Å². The minimum absolute atomic E-state index is 0.00320. The summed E-state index contributed by atoms with van der Waals surface area (Å²) in [6.07, 6.45) is 1.18. The lowest BCUT2D eigenvalue weighted by atomic mass is 10.0. The molecule has 3 heteroatoms. The minimum atomic E-state index is -0.297. The van der Waals surface area contributed by atoms with Gasteiger partial charge in [0.15, 0.2) is 5.78 Å². The third kappa shape index (κ3) is 4.39. The van der Waals surface area contributed by atoms with Crippen LogP contribution in [0.4, 0.5) is 0 Å². The summed E-state index contributed by atoms with van der Waals surface area (Å²) in [6, 6.07) is 7.40. The molecule has 0 aliphatic heterocycles. The lowest BCUT2D eigenvalue weighted by Gasteiger charge is -2.05. The number of hydrogen-bond acceptors (Lipinski definition) is 3. The Bertz CT molecular complexity index is 396. The molecule has 0 aromatic heterocycles. The molecule has 0 bridgehead atoms. The molecule has 92 valence electrons. The fourth-order valence-electron chi connectivity index (χ4n) is 1.52. The Morgan fingerprint density at radius 1 is 1.18 bits per heavy atom. The molecule has 0 atom stereocenters. The van der Waals surface area contributed by atoms with E-state index >= 15 is 0 Å². The van der Waals surface area contributed by atoms with Crippen molar-refractivity contribution in [1.29, 1.82) is 0 Å². The highest BCUT2D eigenvalue weighted by Crippen LogP contribution is 2.11. The van der Waals surface area contributed by atoms with E-state index in [9.17, 15) is 9.59 Å². The predicted octanol–water partition coefficient (Wildman–Crippen LogP) is 2.91. The van der Waals surface area contributed by atoms with Crippen molar-refractivity contribution in [2.45, 2.75) is 33.1 Å². The van der Waals surface area contributed by atoms with Gasteiger partial charge in [0.05, 0.1) is 13.0 Å². The number of aryl methyl sites for hydroxylation is 1. The van der Waals surface area contributed by atoms with Crippen LogP contribution in [0.1, 0.15) is 42.1 Å².